The van der Waals surface area contributed by atoms with Crippen LogP contribution in [0.4, 0.5) is 0 Å². The van der Waals surface area contributed by atoms with Crippen LogP contribution >= 0.6 is 0 Å². The van der Waals surface area contributed by atoms with E-state index < -0.39 is 16.9 Å². The summed E-state index contributed by atoms with van der Waals surface area (Å²) >= 11 is 0. The van der Waals surface area contributed by atoms with E-state index in [0.29, 0.717) is 32.2 Å². The number of nitrogens with one attached hydrogen (secondary N) is 1. The number of nitrogens with zero attached hydrogens (tertiary/aromatic N) is 1. The third kappa shape index (κ3) is 1.96. The average molecular weight is 284 g/mol. The smallest absolute Gasteiger partial charge is 0.332 e. The predicted molar refractivity (Wildman–Crippen MR) is 68.9 cm³/mol. The molecular weight excluding hydrogens is 264 g/mol. The molecule has 0 bridgehead atoms. The number of hydrogen-bond acceptors (Lipinski definition) is 4. The fourth-order valence-corrected chi connectivity index (χ4v) is 3.01. The largest absolute Gasteiger partial charge is 0.479 e. The van der Waals surface area contributed by atoms with Gasteiger partial charge in [-0.2, -0.15) is 0 Å². The van der Waals surface area contributed by atoms with E-state index in [2.05, 4.69) is 5.32 Å². The van der Waals surface area contributed by atoms with E-state index >= 15 is 0 Å². The van der Waals surface area contributed by atoms with Crippen molar-refractivity contribution in [3.63, 3.8) is 0 Å². The molecule has 2 aliphatic rings. The number of carboxylic acids is 1. The minimum absolute atomic E-state index is 0.0576. The van der Waals surface area contributed by atoms with Crippen molar-refractivity contribution in [2.75, 3.05) is 27.3 Å². The number of rotatable bonds is 5. The van der Waals surface area contributed by atoms with Gasteiger partial charge >= 0.3 is 5.97 Å². The van der Waals surface area contributed by atoms with Crippen LogP contribution in [-0.4, -0.2) is 60.6 Å². The van der Waals surface area contributed by atoms with Gasteiger partial charge in [0, 0.05) is 20.7 Å². The molecule has 1 unspecified atom stereocenters. The summed E-state index contributed by atoms with van der Waals surface area (Å²) in [4.78, 5) is 37.5. The van der Waals surface area contributed by atoms with Gasteiger partial charge in [-0.1, -0.05) is 0 Å². The van der Waals surface area contributed by atoms with E-state index in [0.717, 1.165) is 0 Å². The molecule has 0 aromatic heterocycles. The molecule has 1 saturated heterocycles. The lowest BCUT2D eigenvalue weighted by Crippen LogP contribution is -2.59. The zero-order valence-electron chi connectivity index (χ0n) is 11.8. The van der Waals surface area contributed by atoms with Crippen molar-refractivity contribution in [2.24, 2.45) is 5.41 Å². The Morgan fingerprint density at radius 1 is 1.30 bits per heavy atom. The van der Waals surface area contributed by atoms with Gasteiger partial charge in [-0.25, -0.2) is 4.79 Å². The van der Waals surface area contributed by atoms with Crippen LogP contribution in [0.2, 0.25) is 0 Å². The molecule has 2 fully saturated rings. The predicted octanol–water partition coefficient (Wildman–Crippen LogP) is -0.395. The Kier molecular flexibility index (Phi) is 3.73. The normalized spacial score (nSPS) is 27.2. The summed E-state index contributed by atoms with van der Waals surface area (Å²) in [5.74, 6) is -1.78. The lowest BCUT2D eigenvalue weighted by atomic mass is 9.94. The summed E-state index contributed by atoms with van der Waals surface area (Å²) in [6, 6.07) is 0. The van der Waals surface area contributed by atoms with E-state index in [4.69, 9.17) is 4.74 Å². The summed E-state index contributed by atoms with van der Waals surface area (Å²) < 4.78 is 5.02. The van der Waals surface area contributed by atoms with Crippen molar-refractivity contribution < 1.29 is 24.2 Å². The van der Waals surface area contributed by atoms with Gasteiger partial charge < -0.3 is 20.1 Å². The molecule has 1 heterocycles. The van der Waals surface area contributed by atoms with Crippen LogP contribution in [0.5, 0.6) is 0 Å². The maximum atomic E-state index is 12.7. The van der Waals surface area contributed by atoms with Gasteiger partial charge in [-0.05, 0) is 25.7 Å². The number of ether oxygens (including phenoxy) is 1. The first-order chi connectivity index (χ1) is 9.44. The minimum Gasteiger partial charge on any atom is -0.479 e. The molecule has 1 saturated carbocycles. The fraction of sp³-hybridized carbons (Fsp3) is 0.769. The average Bonchev–Trinajstić information content (AvgIpc) is 3.13. The lowest BCUT2D eigenvalue weighted by molar-refractivity contribution is -0.164. The van der Waals surface area contributed by atoms with E-state index in [1.54, 1.807) is 0 Å². The Bertz CT molecular complexity index is 446. The molecule has 1 atom stereocenters. The van der Waals surface area contributed by atoms with E-state index in [1.165, 1.54) is 19.1 Å². The van der Waals surface area contributed by atoms with Gasteiger partial charge in [0.05, 0.1) is 6.61 Å². The molecule has 20 heavy (non-hydrogen) atoms. The lowest BCUT2D eigenvalue weighted by Gasteiger charge is -2.36. The molecule has 1 aliphatic heterocycles. The Balaban J connectivity index is 2.29. The van der Waals surface area contributed by atoms with E-state index in [-0.39, 0.29) is 18.4 Å². The second kappa shape index (κ2) is 5.05. The molecule has 0 radical (unpaired) electrons. The van der Waals surface area contributed by atoms with E-state index in [9.17, 15) is 19.5 Å². The van der Waals surface area contributed by atoms with Crippen molar-refractivity contribution in [1.29, 1.82) is 0 Å². The van der Waals surface area contributed by atoms with Crippen LogP contribution in [0.25, 0.3) is 0 Å². The number of carbonyl (C=O) groups is 3. The minimum atomic E-state index is -1.34. The van der Waals surface area contributed by atoms with Gasteiger partial charge in [0.2, 0.25) is 11.8 Å². The summed E-state index contributed by atoms with van der Waals surface area (Å²) in [5, 5.41) is 12.0. The summed E-state index contributed by atoms with van der Waals surface area (Å²) in [5.41, 5.74) is -2.40. The number of amides is 2. The number of carbonyl (C=O) groups excluding carboxylic acids is 2. The molecule has 0 aromatic carbocycles. The zero-order valence-corrected chi connectivity index (χ0v) is 11.8. The number of methoxy groups -OCH3 is 1. The standard InChI is InChI=1S/C13H20N2O5/c1-14-9(16)12(5-6-12)10(17)15-7-3-4-13(15,8-20-2)11(18)19/h3-8H2,1-2H3,(H,14,16)(H,18,19). The van der Waals surface area contributed by atoms with Crippen molar-refractivity contribution in [3.8, 4) is 0 Å². The number of likely N-dealkylation sites (tertiary alicyclic amines) is 1. The summed E-state index contributed by atoms with van der Waals surface area (Å²) in [6.45, 7) is 0.297. The van der Waals surface area contributed by atoms with Crippen molar-refractivity contribution >= 4 is 17.8 Å². The summed E-state index contributed by atoms with van der Waals surface area (Å²) in [7, 11) is 2.90. The molecule has 7 nitrogen and oxygen atoms in total. The van der Waals surface area contributed by atoms with Gasteiger partial charge in [0.1, 0.15) is 5.41 Å². The molecule has 2 rings (SSSR count). The first-order valence-electron chi connectivity index (χ1n) is 6.71. The third-order valence-corrected chi connectivity index (χ3v) is 4.34. The topological polar surface area (TPSA) is 95.9 Å². The first-order valence-corrected chi connectivity index (χ1v) is 6.71. The second-order valence-electron chi connectivity index (χ2n) is 5.49. The van der Waals surface area contributed by atoms with Gasteiger partial charge in [0.25, 0.3) is 0 Å². The Morgan fingerprint density at radius 3 is 2.40 bits per heavy atom. The highest BCUT2D eigenvalue weighted by Crippen LogP contribution is 2.49. The van der Waals surface area contributed by atoms with Crippen molar-refractivity contribution in [1.82, 2.24) is 10.2 Å². The highest BCUT2D eigenvalue weighted by Gasteiger charge is 2.62. The Morgan fingerprint density at radius 2 is 1.95 bits per heavy atom. The molecule has 112 valence electrons. The highest BCUT2D eigenvalue weighted by molar-refractivity contribution is 6.09. The van der Waals surface area contributed by atoms with Crippen LogP contribution in [0, 0.1) is 5.41 Å². The molecule has 1 aliphatic carbocycles. The van der Waals surface area contributed by atoms with Crippen LogP contribution in [0.1, 0.15) is 25.7 Å². The van der Waals surface area contributed by atoms with Crippen LogP contribution in [0.15, 0.2) is 0 Å². The Hall–Kier alpha value is -1.63. The highest BCUT2D eigenvalue weighted by atomic mass is 16.5. The number of hydrogen-bond donors (Lipinski definition) is 2. The quantitative estimate of drug-likeness (QED) is 0.670. The number of carboxylic acid groups (broad SMARTS) is 1. The first kappa shape index (κ1) is 14.8. The van der Waals surface area contributed by atoms with Crippen LogP contribution in [-0.2, 0) is 19.1 Å². The number of aliphatic carboxylic acids is 1. The van der Waals surface area contributed by atoms with Crippen LogP contribution in [0.3, 0.4) is 0 Å². The maximum Gasteiger partial charge on any atom is 0.332 e. The SMILES string of the molecule is CNC(=O)C1(C(=O)N2CCCC2(COC)C(=O)O)CC1. The Labute approximate surface area is 117 Å². The molecule has 2 N–H and O–H groups in total. The molecule has 2 amide bonds. The monoisotopic (exact) mass is 284 g/mol. The van der Waals surface area contributed by atoms with Crippen molar-refractivity contribution in [2.45, 2.75) is 31.2 Å². The van der Waals surface area contributed by atoms with E-state index in [1.807, 2.05) is 0 Å². The van der Waals surface area contributed by atoms with Gasteiger partial charge in [0.15, 0.2) is 5.54 Å². The molecule has 0 spiro atoms. The zero-order chi connectivity index (χ0) is 15.0. The molecule has 0 aromatic rings. The van der Waals surface area contributed by atoms with Gasteiger partial charge in [-0.3, -0.25) is 9.59 Å². The second-order valence-corrected chi connectivity index (χ2v) is 5.49. The van der Waals surface area contributed by atoms with Crippen molar-refractivity contribution in [3.05, 3.63) is 0 Å². The molecule has 7 heteroatoms. The third-order valence-electron chi connectivity index (χ3n) is 4.34. The maximum absolute atomic E-state index is 12.7. The fourth-order valence-electron chi connectivity index (χ4n) is 3.01. The summed E-state index contributed by atoms with van der Waals surface area (Å²) in [6.07, 6.45) is 1.91. The van der Waals surface area contributed by atoms with Crippen LogP contribution < -0.4 is 5.32 Å². The van der Waals surface area contributed by atoms with Gasteiger partial charge in [-0.15, -0.1) is 0 Å². The molecular formula is C13H20N2O5.